The molecule has 0 aliphatic carbocycles. The van der Waals surface area contributed by atoms with Gasteiger partial charge in [-0.3, -0.25) is 17.2 Å². The average molecular weight is 537 g/mol. The number of rotatable bonds is 3. The summed E-state index contributed by atoms with van der Waals surface area (Å²) in [6.07, 6.45) is 1.78. The molecule has 0 saturated heterocycles. The van der Waals surface area contributed by atoms with Gasteiger partial charge in [0.1, 0.15) is 0 Å². The van der Waals surface area contributed by atoms with E-state index < -0.39 is 0 Å². The zero-order valence-electron chi connectivity index (χ0n) is 17.5. The van der Waals surface area contributed by atoms with E-state index in [1.54, 1.807) is 6.20 Å². The van der Waals surface area contributed by atoms with Gasteiger partial charge in [-0.15, -0.1) is 46.6 Å². The predicted octanol–water partition coefficient (Wildman–Crippen LogP) is 4.48. The number of aryl methyl sites for hydroxylation is 2. The summed E-state index contributed by atoms with van der Waals surface area (Å²) in [6.45, 7) is 2.09. The van der Waals surface area contributed by atoms with Crippen LogP contribution >= 0.6 is 0 Å². The fraction of sp³-hybridized carbons (Fsp3) is 0.0800. The number of benzene rings is 3. The van der Waals surface area contributed by atoms with Gasteiger partial charge in [0.25, 0.3) is 0 Å². The molecule has 0 aliphatic heterocycles. The van der Waals surface area contributed by atoms with E-state index in [9.17, 15) is 0 Å². The molecule has 0 saturated carbocycles. The molecule has 4 rings (SSSR count). The second-order valence-electron chi connectivity index (χ2n) is 6.14. The second kappa shape index (κ2) is 13.4. The maximum absolute atomic E-state index is 4.33. The Morgan fingerprint density at radius 3 is 2.27 bits per heavy atom. The molecule has 0 aliphatic rings. The molecule has 5 heteroatoms. The summed E-state index contributed by atoms with van der Waals surface area (Å²) in [7, 11) is 1.95. The van der Waals surface area contributed by atoms with Gasteiger partial charge in [-0.1, -0.05) is 12.5 Å². The van der Waals surface area contributed by atoms with Crippen molar-refractivity contribution in [1.82, 2.24) is 5.10 Å². The van der Waals surface area contributed by atoms with Crippen LogP contribution in [0.5, 0.6) is 0 Å². The molecule has 1 heterocycles. The van der Waals surface area contributed by atoms with Gasteiger partial charge >= 0.3 is 32.7 Å². The topological polar surface area (TPSA) is 16.8 Å². The number of aromatic nitrogens is 2. The second-order valence-corrected chi connectivity index (χ2v) is 6.14. The zero-order chi connectivity index (χ0) is 17.9. The first-order valence-corrected chi connectivity index (χ1v) is 8.48. The van der Waals surface area contributed by atoms with Crippen molar-refractivity contribution in [3.63, 3.8) is 0 Å². The van der Waals surface area contributed by atoms with Crippen molar-refractivity contribution in [3.05, 3.63) is 104 Å². The maximum Gasteiger partial charge on any atom is 3.00 e. The van der Waals surface area contributed by atoms with Gasteiger partial charge in [0.2, 0.25) is 0 Å². The van der Waals surface area contributed by atoms with E-state index in [1.807, 2.05) is 48.1 Å². The fourth-order valence-electron chi connectivity index (χ4n) is 2.97. The minimum Gasteiger partial charge on any atom is -0.358 e. The van der Waals surface area contributed by atoms with Crippen LogP contribution < -0.4 is 4.68 Å². The third-order valence-electron chi connectivity index (χ3n) is 4.37. The molecule has 4 aromatic rings. The standard InChI is InChI=1S/C24H17N2.CH3.B.2Y/c1-18-13-14-22(17-23(18)24-12-7-15-25-26(24)2)21-11-6-10-20(16-21)19-8-4-3-5-9-19;;;;/h3-8,12-16H,1-2H3;1H3;;;/q-3;-1;;;+3. The van der Waals surface area contributed by atoms with Gasteiger partial charge < -0.3 is 31.2 Å². The summed E-state index contributed by atoms with van der Waals surface area (Å²) in [6, 6.07) is 33.4. The first kappa shape index (κ1) is 29.0. The molecule has 0 N–H and O–H groups in total. The van der Waals surface area contributed by atoms with E-state index in [0.717, 1.165) is 39.1 Å². The average Bonchev–Trinajstić information content (AvgIpc) is 2.70. The smallest absolute Gasteiger partial charge is 0.358 e. The molecule has 0 amide bonds. The first-order valence-electron chi connectivity index (χ1n) is 8.48. The van der Waals surface area contributed by atoms with Crippen LogP contribution in [-0.4, -0.2) is 13.5 Å². The molecule has 0 bridgehead atoms. The third kappa shape index (κ3) is 6.50. The van der Waals surface area contributed by atoms with Crippen LogP contribution in [0.25, 0.3) is 33.5 Å². The minimum absolute atomic E-state index is 0. The Balaban J connectivity index is 0.00000210. The van der Waals surface area contributed by atoms with E-state index >= 15 is 0 Å². The van der Waals surface area contributed by atoms with Crippen molar-refractivity contribution in [1.29, 1.82) is 0 Å². The minimum atomic E-state index is 0. The predicted molar refractivity (Wildman–Crippen MR) is 114 cm³/mol. The molecule has 30 heavy (non-hydrogen) atoms. The summed E-state index contributed by atoms with van der Waals surface area (Å²) in [5.41, 5.74) is 7.26. The van der Waals surface area contributed by atoms with Crippen molar-refractivity contribution >= 4 is 8.41 Å². The molecule has 0 unspecified atom stereocenters. The zero-order valence-corrected chi connectivity index (χ0v) is 23.2. The van der Waals surface area contributed by atoms with Gasteiger partial charge in [0.15, 0.2) is 12.7 Å². The molecular formula is C25H20BN2Y2-. The monoisotopic (exact) mass is 537 g/mol. The third-order valence-corrected chi connectivity index (χ3v) is 4.37. The van der Waals surface area contributed by atoms with Gasteiger partial charge in [0, 0.05) is 41.1 Å². The van der Waals surface area contributed by atoms with Crippen molar-refractivity contribution in [2.75, 3.05) is 0 Å². The van der Waals surface area contributed by atoms with Gasteiger partial charge in [-0.05, 0) is 17.2 Å². The van der Waals surface area contributed by atoms with Crippen molar-refractivity contribution in [3.8, 4) is 33.5 Å². The largest absolute Gasteiger partial charge is 3.00 e. The van der Waals surface area contributed by atoms with Crippen LogP contribution in [0.2, 0.25) is 0 Å². The van der Waals surface area contributed by atoms with Crippen LogP contribution in [0.4, 0.5) is 0 Å². The SMILES string of the molecule is Cc1ccc(-c2[c-]c[c-]c(-c3[c-]cccc3)c2)[c-]c1-c1cccn[n+]1C.[B].[CH3-].[Y+3].[Y]. The van der Waals surface area contributed by atoms with E-state index in [1.165, 1.54) is 0 Å². The van der Waals surface area contributed by atoms with Crippen LogP contribution in [-0.2, 0) is 72.5 Å². The molecule has 2 nitrogen and oxygen atoms in total. The van der Waals surface area contributed by atoms with Crippen LogP contribution in [0.1, 0.15) is 5.56 Å². The Morgan fingerprint density at radius 2 is 1.60 bits per heavy atom. The quantitative estimate of drug-likeness (QED) is 0.214. The van der Waals surface area contributed by atoms with Crippen LogP contribution in [0.15, 0.2) is 66.9 Å². The Morgan fingerprint density at radius 1 is 0.867 bits per heavy atom. The van der Waals surface area contributed by atoms with Crippen molar-refractivity contribution in [2.45, 2.75) is 6.92 Å². The molecule has 140 valence electrons. The molecule has 0 atom stereocenters. The van der Waals surface area contributed by atoms with Crippen molar-refractivity contribution in [2.24, 2.45) is 7.05 Å². The van der Waals surface area contributed by atoms with Crippen LogP contribution in [0.3, 0.4) is 0 Å². The summed E-state index contributed by atoms with van der Waals surface area (Å²) in [4.78, 5) is 0. The van der Waals surface area contributed by atoms with Crippen molar-refractivity contribution < 1.29 is 70.1 Å². The molecule has 0 spiro atoms. The van der Waals surface area contributed by atoms with Gasteiger partial charge in [-0.25, -0.2) is 12.1 Å². The summed E-state index contributed by atoms with van der Waals surface area (Å²) in [5.74, 6) is 0. The van der Waals surface area contributed by atoms with Gasteiger partial charge in [0.05, 0.1) is 6.20 Å². The Labute approximate surface area is 232 Å². The summed E-state index contributed by atoms with van der Waals surface area (Å²) >= 11 is 0. The van der Waals surface area contributed by atoms with E-state index in [2.05, 4.69) is 60.6 Å². The molecule has 1 aromatic heterocycles. The summed E-state index contributed by atoms with van der Waals surface area (Å²) in [5, 5.41) is 4.33. The fourth-order valence-corrected chi connectivity index (χ4v) is 2.97. The Hall–Kier alpha value is -0.987. The number of hydrogen-bond donors (Lipinski definition) is 0. The van der Waals surface area contributed by atoms with Crippen LogP contribution in [0, 0.1) is 38.6 Å². The Kier molecular flexibility index (Phi) is 13.0. The molecule has 0 fully saturated rings. The number of hydrogen-bond acceptors (Lipinski definition) is 1. The number of nitrogens with zero attached hydrogens (tertiary/aromatic N) is 2. The molecule has 3 aromatic carbocycles. The van der Waals surface area contributed by atoms with E-state index in [0.29, 0.717) is 0 Å². The first-order chi connectivity index (χ1) is 12.7. The van der Waals surface area contributed by atoms with E-state index in [4.69, 9.17) is 0 Å². The maximum atomic E-state index is 4.33. The molecular weight excluding hydrogens is 517 g/mol. The summed E-state index contributed by atoms with van der Waals surface area (Å²) < 4.78 is 1.87. The normalized spacial score (nSPS) is 9.27. The Bertz CT molecular complexity index is 1070. The van der Waals surface area contributed by atoms with E-state index in [-0.39, 0.29) is 81.3 Å². The molecule has 4 radical (unpaired) electrons. The van der Waals surface area contributed by atoms with Gasteiger partial charge in [-0.2, -0.15) is 5.56 Å².